The van der Waals surface area contributed by atoms with Crippen LogP contribution in [0.3, 0.4) is 0 Å². The third kappa shape index (κ3) is 5.23. The summed E-state index contributed by atoms with van der Waals surface area (Å²) < 4.78 is 26.6. The quantitative estimate of drug-likeness (QED) is 0.792. The van der Waals surface area contributed by atoms with Gasteiger partial charge in [-0.3, -0.25) is 14.4 Å². The van der Waals surface area contributed by atoms with Crippen molar-refractivity contribution in [1.29, 1.82) is 0 Å². The molecule has 1 aliphatic rings. The first-order valence-electron chi connectivity index (χ1n) is 8.12. The number of amides is 2. The fourth-order valence-electron chi connectivity index (χ4n) is 2.70. The number of halogens is 2. The summed E-state index contributed by atoms with van der Waals surface area (Å²) in [5, 5.41) is 8.56. The normalized spacial score (nSPS) is 14.5. The van der Waals surface area contributed by atoms with E-state index in [0.29, 0.717) is 32.0 Å². The number of aliphatic carboxylic acids is 1. The van der Waals surface area contributed by atoms with Crippen LogP contribution in [-0.4, -0.2) is 58.9 Å². The van der Waals surface area contributed by atoms with Gasteiger partial charge in [-0.1, -0.05) is 0 Å². The molecule has 2 amide bonds. The summed E-state index contributed by atoms with van der Waals surface area (Å²) >= 11 is 0. The lowest BCUT2D eigenvalue weighted by atomic mass is 10.1. The number of hydrogen-bond donors (Lipinski definition) is 1. The molecule has 136 valence electrons. The maximum Gasteiger partial charge on any atom is 0.303 e. The molecule has 1 N–H and O–H groups in total. The molecule has 0 saturated carbocycles. The van der Waals surface area contributed by atoms with E-state index in [4.69, 9.17) is 5.11 Å². The van der Waals surface area contributed by atoms with Crippen LogP contribution in [-0.2, 0) is 9.59 Å². The van der Waals surface area contributed by atoms with Gasteiger partial charge in [-0.05, 0) is 25.0 Å². The Balaban J connectivity index is 1.81. The number of piperazine rings is 1. The van der Waals surface area contributed by atoms with Crippen LogP contribution in [0, 0.1) is 11.6 Å². The molecule has 0 unspecified atom stereocenters. The van der Waals surface area contributed by atoms with Crippen LogP contribution in [0.1, 0.15) is 36.0 Å². The lowest BCUT2D eigenvalue weighted by Crippen LogP contribution is -2.50. The molecule has 0 radical (unpaired) electrons. The van der Waals surface area contributed by atoms with Gasteiger partial charge in [0.2, 0.25) is 5.91 Å². The van der Waals surface area contributed by atoms with E-state index in [1.807, 2.05) is 0 Å². The van der Waals surface area contributed by atoms with E-state index in [1.54, 1.807) is 4.90 Å². The monoisotopic (exact) mass is 354 g/mol. The van der Waals surface area contributed by atoms with Crippen molar-refractivity contribution in [3.63, 3.8) is 0 Å². The Morgan fingerprint density at radius 3 is 2.16 bits per heavy atom. The molecule has 6 nitrogen and oxygen atoms in total. The Morgan fingerprint density at radius 1 is 0.960 bits per heavy atom. The smallest absolute Gasteiger partial charge is 0.303 e. The Hall–Kier alpha value is -2.51. The third-order valence-electron chi connectivity index (χ3n) is 4.11. The molecule has 25 heavy (non-hydrogen) atoms. The summed E-state index contributed by atoms with van der Waals surface area (Å²) in [5.74, 6) is -3.13. The lowest BCUT2D eigenvalue weighted by molar-refractivity contribution is -0.137. The number of hydrogen-bond acceptors (Lipinski definition) is 3. The number of carboxylic acid groups (broad SMARTS) is 1. The Labute approximate surface area is 144 Å². The maximum atomic E-state index is 13.7. The van der Waals surface area contributed by atoms with Gasteiger partial charge in [-0.2, -0.15) is 0 Å². The first kappa shape index (κ1) is 18.8. The summed E-state index contributed by atoms with van der Waals surface area (Å²) in [4.78, 5) is 37.8. The highest BCUT2D eigenvalue weighted by Crippen LogP contribution is 2.15. The van der Waals surface area contributed by atoms with E-state index in [-0.39, 0.29) is 37.4 Å². The van der Waals surface area contributed by atoms with Crippen molar-refractivity contribution in [3.05, 3.63) is 35.4 Å². The van der Waals surface area contributed by atoms with Crippen molar-refractivity contribution in [3.8, 4) is 0 Å². The minimum atomic E-state index is -0.901. The van der Waals surface area contributed by atoms with Crippen molar-refractivity contribution in [1.82, 2.24) is 9.80 Å². The molecule has 0 bridgehead atoms. The van der Waals surface area contributed by atoms with E-state index in [1.165, 1.54) is 4.90 Å². The molecular formula is C17H20F2N2O4. The van der Waals surface area contributed by atoms with Crippen LogP contribution in [0.2, 0.25) is 0 Å². The van der Waals surface area contributed by atoms with Crippen molar-refractivity contribution in [2.24, 2.45) is 0 Å². The highest BCUT2D eigenvalue weighted by atomic mass is 19.1. The van der Waals surface area contributed by atoms with Gasteiger partial charge in [0.25, 0.3) is 5.91 Å². The average Bonchev–Trinajstić information content (AvgIpc) is 2.58. The van der Waals surface area contributed by atoms with Crippen molar-refractivity contribution < 1.29 is 28.3 Å². The van der Waals surface area contributed by atoms with E-state index in [0.717, 1.165) is 12.1 Å². The number of nitrogens with zero attached hydrogens (tertiary/aromatic N) is 2. The number of carbonyl (C=O) groups excluding carboxylic acids is 2. The fourth-order valence-corrected chi connectivity index (χ4v) is 2.70. The molecule has 1 heterocycles. The SMILES string of the molecule is O=C(O)CCCCC(=O)N1CCN(C(=O)c2ccc(F)cc2F)CC1. The number of carbonyl (C=O) groups is 3. The first-order valence-corrected chi connectivity index (χ1v) is 8.12. The minimum absolute atomic E-state index is 0.0405. The van der Waals surface area contributed by atoms with Crippen LogP contribution in [0.25, 0.3) is 0 Å². The Kier molecular flexibility index (Phi) is 6.44. The molecule has 1 aromatic rings. The average molecular weight is 354 g/mol. The molecule has 0 aliphatic carbocycles. The van der Waals surface area contributed by atoms with Gasteiger partial charge in [0.05, 0.1) is 5.56 Å². The van der Waals surface area contributed by atoms with Crippen LogP contribution in [0.4, 0.5) is 8.78 Å². The summed E-state index contributed by atoms with van der Waals surface area (Å²) in [5.41, 5.74) is -0.185. The van der Waals surface area contributed by atoms with Gasteiger partial charge in [-0.15, -0.1) is 0 Å². The summed E-state index contributed by atoms with van der Waals surface area (Å²) in [6, 6.07) is 2.82. The summed E-state index contributed by atoms with van der Waals surface area (Å²) in [6.07, 6.45) is 1.26. The van der Waals surface area contributed by atoms with Gasteiger partial charge < -0.3 is 14.9 Å². The van der Waals surface area contributed by atoms with Crippen LogP contribution >= 0.6 is 0 Å². The molecule has 8 heteroatoms. The van der Waals surface area contributed by atoms with E-state index in [2.05, 4.69) is 0 Å². The number of rotatable bonds is 6. The number of carboxylic acids is 1. The van der Waals surface area contributed by atoms with Gasteiger partial charge in [0, 0.05) is 45.1 Å². The topological polar surface area (TPSA) is 77.9 Å². The molecule has 2 rings (SSSR count). The number of benzene rings is 1. The number of unbranched alkanes of at least 4 members (excludes halogenated alkanes) is 1. The molecule has 0 atom stereocenters. The zero-order valence-corrected chi connectivity index (χ0v) is 13.7. The van der Waals surface area contributed by atoms with Crippen molar-refractivity contribution in [2.45, 2.75) is 25.7 Å². The molecule has 1 aliphatic heterocycles. The standard InChI is InChI=1S/C17H20F2N2O4/c18-12-5-6-13(14(19)11-12)17(25)21-9-7-20(8-10-21)15(22)3-1-2-4-16(23)24/h5-6,11H,1-4,7-10H2,(H,23,24). The van der Waals surface area contributed by atoms with Gasteiger partial charge >= 0.3 is 5.97 Å². The summed E-state index contributed by atoms with van der Waals surface area (Å²) in [7, 11) is 0. The van der Waals surface area contributed by atoms with Crippen LogP contribution in [0.5, 0.6) is 0 Å². The molecule has 0 spiro atoms. The highest BCUT2D eigenvalue weighted by molar-refractivity contribution is 5.94. The predicted molar refractivity (Wildman–Crippen MR) is 84.9 cm³/mol. The van der Waals surface area contributed by atoms with E-state index >= 15 is 0 Å². The molecule has 1 aromatic carbocycles. The fraction of sp³-hybridized carbons (Fsp3) is 0.471. The largest absolute Gasteiger partial charge is 0.481 e. The molecule has 0 aromatic heterocycles. The van der Waals surface area contributed by atoms with Gasteiger partial charge in [0.15, 0.2) is 0 Å². The van der Waals surface area contributed by atoms with Crippen molar-refractivity contribution >= 4 is 17.8 Å². The maximum absolute atomic E-state index is 13.7. The van der Waals surface area contributed by atoms with Crippen LogP contribution in [0.15, 0.2) is 18.2 Å². The zero-order valence-electron chi connectivity index (χ0n) is 13.7. The van der Waals surface area contributed by atoms with E-state index < -0.39 is 23.5 Å². The molecular weight excluding hydrogens is 334 g/mol. The third-order valence-corrected chi connectivity index (χ3v) is 4.11. The summed E-state index contributed by atoms with van der Waals surface area (Å²) in [6.45, 7) is 1.23. The van der Waals surface area contributed by atoms with Crippen LogP contribution < -0.4 is 0 Å². The second-order valence-corrected chi connectivity index (χ2v) is 5.90. The van der Waals surface area contributed by atoms with Gasteiger partial charge in [0.1, 0.15) is 11.6 Å². The minimum Gasteiger partial charge on any atom is -0.481 e. The molecule has 1 saturated heterocycles. The van der Waals surface area contributed by atoms with Gasteiger partial charge in [-0.25, -0.2) is 8.78 Å². The first-order chi connectivity index (χ1) is 11.9. The lowest BCUT2D eigenvalue weighted by Gasteiger charge is -2.35. The predicted octanol–water partition coefficient (Wildman–Crippen LogP) is 1.89. The Bertz CT molecular complexity index is 658. The molecule has 1 fully saturated rings. The highest BCUT2D eigenvalue weighted by Gasteiger charge is 2.26. The zero-order chi connectivity index (χ0) is 18.4. The second-order valence-electron chi connectivity index (χ2n) is 5.90. The Morgan fingerprint density at radius 2 is 1.56 bits per heavy atom. The second kappa shape index (κ2) is 8.55. The van der Waals surface area contributed by atoms with E-state index in [9.17, 15) is 23.2 Å². The van der Waals surface area contributed by atoms with Crippen molar-refractivity contribution in [2.75, 3.05) is 26.2 Å².